The third-order valence-electron chi connectivity index (χ3n) is 3.35. The lowest BCUT2D eigenvalue weighted by Gasteiger charge is -2.41. The van der Waals surface area contributed by atoms with Crippen LogP contribution in [0, 0.1) is 11.8 Å². The summed E-state index contributed by atoms with van der Waals surface area (Å²) in [6.07, 6.45) is 0.889. The summed E-state index contributed by atoms with van der Waals surface area (Å²) in [4.78, 5) is 0. The molecule has 0 spiro atoms. The molecule has 0 radical (unpaired) electrons. The molecule has 0 aliphatic carbocycles. The topological polar surface area (TPSA) is 52.5 Å². The molecule has 3 heteroatoms. The zero-order chi connectivity index (χ0) is 11.0. The second kappa shape index (κ2) is 3.80. The summed E-state index contributed by atoms with van der Waals surface area (Å²) in [5, 5.41) is 23.1. The zero-order valence-corrected chi connectivity index (χ0v) is 9.67. The average Bonchev–Trinajstić information content (AvgIpc) is 2.01. The lowest BCUT2D eigenvalue weighted by molar-refractivity contribution is -0.0478. The Morgan fingerprint density at radius 1 is 0.929 bits per heavy atom. The molecule has 0 aromatic carbocycles. The Morgan fingerprint density at radius 3 is 1.57 bits per heavy atom. The van der Waals surface area contributed by atoms with E-state index in [-0.39, 0.29) is 11.8 Å². The van der Waals surface area contributed by atoms with Crippen molar-refractivity contribution in [1.82, 2.24) is 5.32 Å². The Kier molecular flexibility index (Phi) is 3.24. The molecule has 1 heterocycles. The van der Waals surface area contributed by atoms with E-state index in [1.54, 1.807) is 0 Å². The number of hydrogen-bond acceptors (Lipinski definition) is 3. The van der Waals surface area contributed by atoms with E-state index in [1.165, 1.54) is 0 Å². The van der Waals surface area contributed by atoms with E-state index < -0.39 is 11.2 Å². The van der Waals surface area contributed by atoms with E-state index in [4.69, 9.17) is 0 Å². The maximum Gasteiger partial charge on any atom is 0.0632 e. The molecular formula is C11H23NO2. The van der Waals surface area contributed by atoms with Crippen molar-refractivity contribution < 1.29 is 10.2 Å². The van der Waals surface area contributed by atoms with Crippen molar-refractivity contribution >= 4 is 0 Å². The van der Waals surface area contributed by atoms with Gasteiger partial charge in [-0.15, -0.1) is 0 Å². The smallest absolute Gasteiger partial charge is 0.0632 e. The van der Waals surface area contributed by atoms with Crippen molar-refractivity contribution in [2.24, 2.45) is 11.8 Å². The van der Waals surface area contributed by atoms with Gasteiger partial charge < -0.3 is 15.5 Å². The second-order valence-electron chi connectivity index (χ2n) is 5.60. The minimum atomic E-state index is -0.656. The predicted octanol–water partition coefficient (Wildman–Crippen LogP) is 0.754. The van der Waals surface area contributed by atoms with Crippen LogP contribution in [0.15, 0.2) is 0 Å². The number of aliphatic hydroxyl groups is 2. The molecule has 1 aliphatic rings. The van der Waals surface area contributed by atoms with Crippen LogP contribution in [0.1, 0.15) is 34.1 Å². The normalized spacial score (nSPS) is 30.4. The molecule has 1 rings (SSSR count). The number of rotatable bonds is 2. The van der Waals surface area contributed by atoms with E-state index in [2.05, 4.69) is 5.32 Å². The van der Waals surface area contributed by atoms with Gasteiger partial charge in [-0.1, -0.05) is 0 Å². The molecule has 3 nitrogen and oxygen atoms in total. The largest absolute Gasteiger partial charge is 0.390 e. The van der Waals surface area contributed by atoms with Gasteiger partial charge in [-0.25, -0.2) is 0 Å². The number of nitrogens with one attached hydrogen (secondary N) is 1. The third kappa shape index (κ3) is 2.94. The maximum absolute atomic E-state index is 9.90. The summed E-state index contributed by atoms with van der Waals surface area (Å²) in [5.41, 5.74) is -1.31. The van der Waals surface area contributed by atoms with E-state index in [0.29, 0.717) is 0 Å². The van der Waals surface area contributed by atoms with Crippen LogP contribution in [0.4, 0.5) is 0 Å². The Balaban J connectivity index is 2.61. The first-order valence-electron chi connectivity index (χ1n) is 5.36. The van der Waals surface area contributed by atoms with Crippen LogP contribution in [0.3, 0.4) is 0 Å². The number of hydrogen-bond donors (Lipinski definition) is 3. The fraction of sp³-hybridized carbons (Fsp3) is 1.00. The molecule has 0 bridgehead atoms. The van der Waals surface area contributed by atoms with E-state index in [1.807, 2.05) is 27.7 Å². The van der Waals surface area contributed by atoms with Gasteiger partial charge in [0.2, 0.25) is 0 Å². The highest BCUT2D eigenvalue weighted by Gasteiger charge is 2.37. The van der Waals surface area contributed by atoms with Crippen LogP contribution < -0.4 is 5.32 Å². The van der Waals surface area contributed by atoms with Gasteiger partial charge in [-0.05, 0) is 46.0 Å². The molecule has 0 aromatic heterocycles. The molecule has 3 N–H and O–H groups in total. The number of piperidine rings is 1. The highest BCUT2D eigenvalue weighted by molar-refractivity contribution is 4.91. The van der Waals surface area contributed by atoms with Gasteiger partial charge in [0, 0.05) is 13.1 Å². The average molecular weight is 201 g/mol. The van der Waals surface area contributed by atoms with Crippen molar-refractivity contribution in [2.75, 3.05) is 13.1 Å². The molecule has 0 saturated carbocycles. The Labute approximate surface area is 86.5 Å². The molecule has 2 atom stereocenters. The highest BCUT2D eigenvalue weighted by atomic mass is 16.3. The second-order valence-corrected chi connectivity index (χ2v) is 5.60. The van der Waals surface area contributed by atoms with Crippen LogP contribution in [-0.4, -0.2) is 34.5 Å². The van der Waals surface area contributed by atoms with Crippen molar-refractivity contribution in [3.8, 4) is 0 Å². The molecule has 1 saturated heterocycles. The van der Waals surface area contributed by atoms with Crippen LogP contribution in [0.25, 0.3) is 0 Å². The third-order valence-corrected chi connectivity index (χ3v) is 3.35. The zero-order valence-electron chi connectivity index (χ0n) is 9.67. The van der Waals surface area contributed by atoms with Gasteiger partial charge >= 0.3 is 0 Å². The minimum absolute atomic E-state index is 0.229. The standard InChI is InChI=1S/C11H23NO2/c1-10(2,13)8-5-9(7-12-6-8)11(3,4)14/h8-9,12-14H,5-7H2,1-4H3/t8-,9+. The van der Waals surface area contributed by atoms with E-state index in [9.17, 15) is 10.2 Å². The van der Waals surface area contributed by atoms with E-state index >= 15 is 0 Å². The van der Waals surface area contributed by atoms with Crippen molar-refractivity contribution in [3.63, 3.8) is 0 Å². The Hall–Kier alpha value is -0.120. The minimum Gasteiger partial charge on any atom is -0.390 e. The summed E-state index contributed by atoms with van der Waals surface area (Å²) in [7, 11) is 0. The summed E-state index contributed by atoms with van der Waals surface area (Å²) >= 11 is 0. The molecule has 1 fully saturated rings. The highest BCUT2D eigenvalue weighted by Crippen LogP contribution is 2.31. The first kappa shape index (κ1) is 12.0. The van der Waals surface area contributed by atoms with Gasteiger partial charge in [0.05, 0.1) is 11.2 Å². The summed E-state index contributed by atoms with van der Waals surface area (Å²) in [6.45, 7) is 9.04. The summed E-state index contributed by atoms with van der Waals surface area (Å²) in [6, 6.07) is 0. The van der Waals surface area contributed by atoms with Crippen LogP contribution in [0.5, 0.6) is 0 Å². The first-order valence-corrected chi connectivity index (χ1v) is 5.36. The summed E-state index contributed by atoms with van der Waals surface area (Å²) in [5.74, 6) is 0.459. The molecule has 1 aliphatic heterocycles. The predicted molar refractivity (Wildman–Crippen MR) is 57.1 cm³/mol. The van der Waals surface area contributed by atoms with Crippen LogP contribution >= 0.6 is 0 Å². The Bertz CT molecular complexity index is 170. The van der Waals surface area contributed by atoms with Crippen molar-refractivity contribution in [1.29, 1.82) is 0 Å². The monoisotopic (exact) mass is 201 g/mol. The Morgan fingerprint density at radius 2 is 1.29 bits per heavy atom. The molecule has 0 amide bonds. The van der Waals surface area contributed by atoms with Gasteiger partial charge in [0.15, 0.2) is 0 Å². The summed E-state index contributed by atoms with van der Waals surface area (Å²) < 4.78 is 0. The van der Waals surface area contributed by atoms with Gasteiger partial charge in [-0.2, -0.15) is 0 Å². The molecule has 0 aromatic rings. The van der Waals surface area contributed by atoms with Gasteiger partial charge in [-0.3, -0.25) is 0 Å². The van der Waals surface area contributed by atoms with Gasteiger partial charge in [0.1, 0.15) is 0 Å². The van der Waals surface area contributed by atoms with Crippen molar-refractivity contribution in [2.45, 2.75) is 45.3 Å². The fourth-order valence-electron chi connectivity index (χ4n) is 2.02. The van der Waals surface area contributed by atoms with Crippen LogP contribution in [-0.2, 0) is 0 Å². The fourth-order valence-corrected chi connectivity index (χ4v) is 2.02. The van der Waals surface area contributed by atoms with Crippen LogP contribution in [0.2, 0.25) is 0 Å². The lowest BCUT2D eigenvalue weighted by Crippen LogP contribution is -2.51. The molecular weight excluding hydrogens is 178 g/mol. The SMILES string of the molecule is CC(C)(O)[C@@H]1CNC[C@H](C(C)(C)O)C1. The maximum atomic E-state index is 9.90. The van der Waals surface area contributed by atoms with Crippen molar-refractivity contribution in [3.05, 3.63) is 0 Å². The van der Waals surface area contributed by atoms with Gasteiger partial charge in [0.25, 0.3) is 0 Å². The molecule has 14 heavy (non-hydrogen) atoms. The molecule has 0 unspecified atom stereocenters. The molecule has 84 valence electrons. The lowest BCUT2D eigenvalue weighted by atomic mass is 9.75. The van der Waals surface area contributed by atoms with E-state index in [0.717, 1.165) is 19.5 Å². The first-order chi connectivity index (χ1) is 6.21. The quantitative estimate of drug-likeness (QED) is 0.618.